The molecule has 1 aromatic carbocycles. The van der Waals surface area contributed by atoms with E-state index in [9.17, 15) is 4.79 Å². The number of nitrogens with one attached hydrogen (secondary N) is 1. The summed E-state index contributed by atoms with van der Waals surface area (Å²) in [5.41, 5.74) is 3.46. The van der Waals surface area contributed by atoms with E-state index in [1.54, 1.807) is 11.8 Å². The number of anilines is 1. The number of esters is 1. The Kier molecular flexibility index (Phi) is 3.27. The Balaban J connectivity index is 1.79. The molecule has 0 bridgehead atoms. The maximum absolute atomic E-state index is 12.5. The zero-order valence-corrected chi connectivity index (χ0v) is 15.0. The van der Waals surface area contributed by atoms with Crippen LogP contribution >= 0.6 is 0 Å². The second-order valence-corrected chi connectivity index (χ2v) is 6.39. The Bertz CT molecular complexity index is 1010. The van der Waals surface area contributed by atoms with Crippen LogP contribution in [0, 0.1) is 0 Å². The van der Waals surface area contributed by atoms with E-state index in [1.807, 2.05) is 19.3 Å². The number of carbonyl (C=O) groups excluding carboxylic acids is 1. The summed E-state index contributed by atoms with van der Waals surface area (Å²) in [5, 5.41) is 7.82. The van der Waals surface area contributed by atoms with Crippen molar-refractivity contribution in [2.45, 2.75) is 5.92 Å². The smallest absolute Gasteiger partial charge is 0.337 e. The molecule has 0 amide bonds. The zero-order valence-electron chi connectivity index (χ0n) is 15.0. The Labute approximate surface area is 154 Å². The molecule has 140 valence electrons. The van der Waals surface area contributed by atoms with Gasteiger partial charge in [-0.2, -0.15) is 5.10 Å². The van der Waals surface area contributed by atoms with Gasteiger partial charge in [-0.15, -0.1) is 0 Å². The van der Waals surface area contributed by atoms with Gasteiger partial charge in [0.25, 0.3) is 0 Å². The van der Waals surface area contributed by atoms with Gasteiger partial charge in [-0.1, -0.05) is 0 Å². The van der Waals surface area contributed by atoms with Crippen LogP contribution in [0.2, 0.25) is 0 Å². The summed E-state index contributed by atoms with van der Waals surface area (Å²) in [7, 11) is 4.91. The number of cyclic esters (lactones) is 1. The predicted octanol–water partition coefficient (Wildman–Crippen LogP) is 1.53. The van der Waals surface area contributed by atoms with Crippen LogP contribution in [-0.4, -0.2) is 43.4 Å². The fraction of sp³-hybridized carbons (Fsp3) is 0.333. The van der Waals surface area contributed by atoms with Crippen LogP contribution < -0.4 is 24.3 Å². The van der Waals surface area contributed by atoms with Gasteiger partial charge in [-0.25, -0.2) is 4.79 Å². The largest absolute Gasteiger partial charge is 0.492 e. The van der Waals surface area contributed by atoms with Gasteiger partial charge in [-0.3, -0.25) is 4.68 Å². The Morgan fingerprint density at radius 1 is 1.22 bits per heavy atom. The molecule has 9 nitrogen and oxygen atoms in total. The standard InChI is InChI=1S/C18H17N3O6/c1-21-5-9-14(20-21)12(13-10(19-9)6-25-18(13)22)8-4-11-16(27-7-26-11)17(24-3)15(8)23-2/h4-5,12,19H,6-7H2,1-3H3. The minimum Gasteiger partial charge on any atom is -0.492 e. The number of rotatable bonds is 3. The molecule has 3 aliphatic heterocycles. The van der Waals surface area contributed by atoms with Crippen LogP contribution in [0.3, 0.4) is 0 Å². The average molecular weight is 371 g/mol. The highest BCUT2D eigenvalue weighted by Gasteiger charge is 2.43. The number of carbonyl (C=O) groups is 1. The fourth-order valence-corrected chi connectivity index (χ4v) is 3.85. The zero-order chi connectivity index (χ0) is 18.7. The molecule has 1 unspecified atom stereocenters. The van der Waals surface area contributed by atoms with Crippen molar-refractivity contribution in [3.63, 3.8) is 0 Å². The molecule has 5 rings (SSSR count). The van der Waals surface area contributed by atoms with Crippen molar-refractivity contribution in [1.29, 1.82) is 0 Å². The Morgan fingerprint density at radius 3 is 2.81 bits per heavy atom. The highest BCUT2D eigenvalue weighted by molar-refractivity contribution is 5.97. The fourth-order valence-electron chi connectivity index (χ4n) is 3.85. The van der Waals surface area contributed by atoms with E-state index in [0.717, 1.165) is 11.4 Å². The Hall–Kier alpha value is -3.36. The molecule has 2 aromatic rings. The lowest BCUT2D eigenvalue weighted by Crippen LogP contribution is -2.20. The van der Waals surface area contributed by atoms with Gasteiger partial charge in [0.05, 0.1) is 42.8 Å². The summed E-state index contributed by atoms with van der Waals surface area (Å²) >= 11 is 0. The number of benzene rings is 1. The molecule has 0 fully saturated rings. The number of nitrogens with zero attached hydrogens (tertiary/aromatic N) is 2. The highest BCUT2D eigenvalue weighted by Crippen LogP contribution is 2.54. The van der Waals surface area contributed by atoms with Crippen LogP contribution in [0.15, 0.2) is 23.5 Å². The van der Waals surface area contributed by atoms with Crippen molar-refractivity contribution < 1.29 is 28.5 Å². The summed E-state index contributed by atoms with van der Waals surface area (Å²) < 4.78 is 29.3. The van der Waals surface area contributed by atoms with Crippen LogP contribution in [0.5, 0.6) is 23.0 Å². The topological polar surface area (TPSA) is 93.1 Å². The molecule has 1 atom stereocenters. The lowest BCUT2D eigenvalue weighted by atomic mass is 9.84. The third-order valence-corrected chi connectivity index (χ3v) is 4.92. The molecule has 27 heavy (non-hydrogen) atoms. The Morgan fingerprint density at radius 2 is 2.04 bits per heavy atom. The molecule has 0 radical (unpaired) electrons. The molecular weight excluding hydrogens is 354 g/mol. The van der Waals surface area contributed by atoms with Gasteiger partial charge in [0, 0.05) is 18.8 Å². The molecular formula is C18H17N3O6. The molecule has 0 saturated carbocycles. The van der Waals surface area contributed by atoms with Crippen LogP contribution in [0.1, 0.15) is 17.2 Å². The van der Waals surface area contributed by atoms with Gasteiger partial charge in [-0.05, 0) is 6.07 Å². The number of aryl methyl sites for hydroxylation is 1. The number of ether oxygens (including phenoxy) is 5. The van der Waals surface area contributed by atoms with Crippen molar-refractivity contribution in [2.75, 3.05) is 32.9 Å². The maximum Gasteiger partial charge on any atom is 0.337 e. The van der Waals surface area contributed by atoms with Crippen molar-refractivity contribution in [3.8, 4) is 23.0 Å². The summed E-state index contributed by atoms with van der Waals surface area (Å²) in [4.78, 5) is 12.5. The molecule has 0 spiro atoms. The monoisotopic (exact) mass is 371 g/mol. The van der Waals surface area contributed by atoms with Crippen LogP contribution in [0.4, 0.5) is 5.69 Å². The summed E-state index contributed by atoms with van der Waals surface area (Å²) in [6, 6.07) is 1.81. The number of hydrogen-bond acceptors (Lipinski definition) is 8. The van der Waals surface area contributed by atoms with E-state index < -0.39 is 5.92 Å². The average Bonchev–Trinajstić information content (AvgIpc) is 3.36. The van der Waals surface area contributed by atoms with E-state index in [0.29, 0.717) is 39.8 Å². The van der Waals surface area contributed by atoms with Gasteiger partial charge < -0.3 is 29.0 Å². The molecule has 1 aromatic heterocycles. The SMILES string of the molecule is COc1c(C2C3=C(COC3=O)Nc3cn(C)nc32)cc2c(c1OC)OCO2. The summed E-state index contributed by atoms with van der Waals surface area (Å²) in [6.07, 6.45) is 1.87. The number of aromatic nitrogens is 2. The van der Waals surface area contributed by atoms with E-state index in [1.165, 1.54) is 7.11 Å². The van der Waals surface area contributed by atoms with Crippen LogP contribution in [0.25, 0.3) is 0 Å². The van der Waals surface area contributed by atoms with Gasteiger partial charge in [0.1, 0.15) is 6.61 Å². The first-order valence-corrected chi connectivity index (χ1v) is 8.37. The molecule has 1 N–H and O–H groups in total. The van der Waals surface area contributed by atoms with Crippen molar-refractivity contribution in [3.05, 3.63) is 34.8 Å². The normalized spacial score (nSPS) is 19.4. The third kappa shape index (κ3) is 2.11. The van der Waals surface area contributed by atoms with Crippen molar-refractivity contribution in [2.24, 2.45) is 7.05 Å². The second kappa shape index (κ2) is 5.57. The molecule has 9 heteroatoms. The summed E-state index contributed by atoms with van der Waals surface area (Å²) in [5.74, 6) is 1.05. The summed E-state index contributed by atoms with van der Waals surface area (Å²) in [6.45, 7) is 0.290. The quantitative estimate of drug-likeness (QED) is 0.812. The molecule has 0 saturated heterocycles. The minimum absolute atomic E-state index is 0.0926. The first kappa shape index (κ1) is 15.9. The van der Waals surface area contributed by atoms with E-state index in [-0.39, 0.29) is 19.4 Å². The maximum atomic E-state index is 12.5. The van der Waals surface area contributed by atoms with E-state index >= 15 is 0 Å². The van der Waals surface area contributed by atoms with Crippen molar-refractivity contribution in [1.82, 2.24) is 9.78 Å². The lowest BCUT2D eigenvalue weighted by molar-refractivity contribution is -0.136. The van der Waals surface area contributed by atoms with Gasteiger partial charge in [0.15, 0.2) is 11.5 Å². The lowest BCUT2D eigenvalue weighted by Gasteiger charge is -2.25. The number of methoxy groups -OCH3 is 2. The number of fused-ring (bicyclic) bond motifs is 2. The predicted molar refractivity (Wildman–Crippen MR) is 92.3 cm³/mol. The van der Waals surface area contributed by atoms with Crippen LogP contribution in [-0.2, 0) is 16.6 Å². The van der Waals surface area contributed by atoms with Gasteiger partial charge in [0.2, 0.25) is 18.3 Å². The second-order valence-electron chi connectivity index (χ2n) is 6.39. The highest BCUT2D eigenvalue weighted by atomic mass is 16.7. The first-order chi connectivity index (χ1) is 13.1. The molecule has 0 aliphatic carbocycles. The molecule has 3 aliphatic rings. The first-order valence-electron chi connectivity index (χ1n) is 8.37. The third-order valence-electron chi connectivity index (χ3n) is 4.92. The van der Waals surface area contributed by atoms with E-state index in [4.69, 9.17) is 23.7 Å². The van der Waals surface area contributed by atoms with E-state index in [2.05, 4.69) is 10.4 Å². The minimum atomic E-state index is -0.481. The van der Waals surface area contributed by atoms with Crippen molar-refractivity contribution >= 4 is 11.7 Å². The molecule has 4 heterocycles. The number of hydrogen-bond donors (Lipinski definition) is 1. The van der Waals surface area contributed by atoms with Gasteiger partial charge >= 0.3 is 5.97 Å².